The lowest BCUT2D eigenvalue weighted by atomic mass is 10.0. The fourth-order valence-corrected chi connectivity index (χ4v) is 4.57. The van der Waals surface area contributed by atoms with Gasteiger partial charge in [-0.15, -0.1) is 0 Å². The fourth-order valence-electron chi connectivity index (χ4n) is 4.57. The summed E-state index contributed by atoms with van der Waals surface area (Å²) in [6.45, 7) is 3.35. The molecule has 2 N–H and O–H groups in total. The predicted octanol–water partition coefficient (Wildman–Crippen LogP) is 5.00. The van der Waals surface area contributed by atoms with Gasteiger partial charge in [-0.3, -0.25) is 9.78 Å². The van der Waals surface area contributed by atoms with Gasteiger partial charge in [-0.2, -0.15) is 0 Å². The van der Waals surface area contributed by atoms with Crippen molar-refractivity contribution in [2.75, 3.05) is 0 Å². The molecule has 1 amide bonds. The van der Waals surface area contributed by atoms with Crippen LogP contribution in [-0.4, -0.2) is 26.2 Å². The van der Waals surface area contributed by atoms with Gasteiger partial charge in [0, 0.05) is 29.3 Å². The van der Waals surface area contributed by atoms with Crippen molar-refractivity contribution in [1.29, 1.82) is 0 Å². The Hall–Kier alpha value is -4.14. The van der Waals surface area contributed by atoms with E-state index >= 15 is 0 Å². The molecule has 0 fully saturated rings. The van der Waals surface area contributed by atoms with Gasteiger partial charge in [-0.05, 0) is 86.2 Å². The van der Waals surface area contributed by atoms with Crippen molar-refractivity contribution in [2.45, 2.75) is 44.8 Å². The van der Waals surface area contributed by atoms with Crippen molar-refractivity contribution >= 4 is 5.91 Å². The molecule has 0 radical (unpaired) electrons. The van der Waals surface area contributed by atoms with Crippen molar-refractivity contribution in [3.63, 3.8) is 0 Å². The molecular weight excluding hydrogens is 446 g/mol. The van der Waals surface area contributed by atoms with Gasteiger partial charge < -0.3 is 15.0 Å². The summed E-state index contributed by atoms with van der Waals surface area (Å²) < 4.78 is 2.13. The summed E-state index contributed by atoms with van der Waals surface area (Å²) in [6, 6.07) is 24.1. The first-order valence-electron chi connectivity index (χ1n) is 12.2. The zero-order valence-corrected chi connectivity index (χ0v) is 20.5. The first kappa shape index (κ1) is 23.6. The van der Waals surface area contributed by atoms with Crippen LogP contribution in [0.15, 0.2) is 85.2 Å². The molecule has 2 aromatic heterocycles. The maximum Gasteiger partial charge on any atom is 0.270 e. The van der Waals surface area contributed by atoms with Crippen LogP contribution in [0, 0.1) is 11.8 Å². The van der Waals surface area contributed by atoms with Crippen molar-refractivity contribution in [1.82, 2.24) is 14.9 Å². The number of aromatic nitrogens is 2. The van der Waals surface area contributed by atoms with E-state index in [2.05, 4.69) is 57.0 Å². The Bertz CT molecular complexity index is 1450. The summed E-state index contributed by atoms with van der Waals surface area (Å²) in [5.41, 5.74) is 5.74. The zero-order chi connectivity index (χ0) is 25.1. The number of aryl methyl sites for hydroxylation is 1. The number of benzene rings is 2. The van der Waals surface area contributed by atoms with Crippen LogP contribution in [-0.2, 0) is 12.8 Å². The molecule has 5 heteroatoms. The summed E-state index contributed by atoms with van der Waals surface area (Å²) in [7, 11) is 0. The number of nitrogens with one attached hydrogen (secondary N) is 1. The average molecular weight is 476 g/mol. The third kappa shape index (κ3) is 5.40. The van der Waals surface area contributed by atoms with E-state index in [1.807, 2.05) is 48.7 Å². The van der Waals surface area contributed by atoms with Crippen LogP contribution in [0.1, 0.15) is 64.7 Å². The fraction of sp³-hybridized carbons (Fsp3) is 0.226. The molecule has 1 atom stereocenters. The average Bonchev–Trinajstić information content (AvgIpc) is 3.30. The van der Waals surface area contributed by atoms with Gasteiger partial charge in [0.2, 0.25) is 0 Å². The number of aliphatic hydroxyl groups is 1. The minimum absolute atomic E-state index is 0.148. The molecule has 36 heavy (non-hydrogen) atoms. The second-order valence-corrected chi connectivity index (χ2v) is 9.73. The Balaban J connectivity index is 1.37. The van der Waals surface area contributed by atoms with Gasteiger partial charge in [0.05, 0.1) is 6.04 Å². The molecule has 180 valence electrons. The molecule has 5 nitrogen and oxygen atoms in total. The third-order valence-corrected chi connectivity index (χ3v) is 6.31. The highest BCUT2D eigenvalue weighted by molar-refractivity contribution is 5.92. The molecule has 0 saturated carbocycles. The molecule has 1 aliphatic heterocycles. The highest BCUT2D eigenvalue weighted by atomic mass is 16.3. The van der Waals surface area contributed by atoms with Crippen LogP contribution in [0.3, 0.4) is 0 Å². The number of pyridine rings is 1. The first-order chi connectivity index (χ1) is 17.4. The molecule has 0 aliphatic carbocycles. The van der Waals surface area contributed by atoms with E-state index in [-0.39, 0.29) is 11.9 Å². The normalized spacial score (nSPS) is 14.6. The van der Waals surface area contributed by atoms with Crippen LogP contribution in [0.25, 0.3) is 5.69 Å². The van der Waals surface area contributed by atoms with E-state index in [9.17, 15) is 9.90 Å². The molecule has 3 heterocycles. The van der Waals surface area contributed by atoms with Crippen molar-refractivity contribution in [3.05, 3.63) is 119 Å². The highest BCUT2D eigenvalue weighted by Gasteiger charge is 2.24. The van der Waals surface area contributed by atoms with Crippen LogP contribution in [0.4, 0.5) is 0 Å². The first-order valence-corrected chi connectivity index (χ1v) is 12.2. The van der Waals surface area contributed by atoms with Gasteiger partial charge in [0.25, 0.3) is 5.91 Å². The van der Waals surface area contributed by atoms with Gasteiger partial charge in [0.1, 0.15) is 11.3 Å². The largest absolute Gasteiger partial charge is 0.378 e. The number of hydrogen-bond donors (Lipinski definition) is 2. The number of carbonyl (C=O) groups excluding carboxylic acids is 1. The SMILES string of the molecule is CC(C)(O)C#Cc1ccc2c(c1)-n1cccc1C(NC(=O)c1cc(Cc3ccccc3)ccn1)CC2. The molecule has 4 aromatic rings. The van der Waals surface area contributed by atoms with Gasteiger partial charge in [0.15, 0.2) is 0 Å². The van der Waals surface area contributed by atoms with Crippen LogP contribution < -0.4 is 5.32 Å². The highest BCUT2D eigenvalue weighted by Crippen LogP contribution is 2.31. The smallest absolute Gasteiger partial charge is 0.270 e. The summed E-state index contributed by atoms with van der Waals surface area (Å²) >= 11 is 0. The van der Waals surface area contributed by atoms with E-state index in [0.717, 1.165) is 41.8 Å². The van der Waals surface area contributed by atoms with E-state index in [1.165, 1.54) is 11.1 Å². The maximum absolute atomic E-state index is 13.2. The second-order valence-electron chi connectivity index (χ2n) is 9.73. The lowest BCUT2D eigenvalue weighted by Crippen LogP contribution is -2.30. The molecule has 0 bridgehead atoms. The molecule has 2 aromatic carbocycles. The molecule has 1 aliphatic rings. The second kappa shape index (κ2) is 9.85. The Morgan fingerprint density at radius 3 is 2.72 bits per heavy atom. The minimum Gasteiger partial charge on any atom is -0.378 e. The molecular formula is C31H29N3O2. The van der Waals surface area contributed by atoms with E-state index in [4.69, 9.17) is 0 Å². The number of hydrogen-bond acceptors (Lipinski definition) is 3. The molecule has 0 saturated heterocycles. The molecule has 0 spiro atoms. The van der Waals surface area contributed by atoms with Gasteiger partial charge in [-0.25, -0.2) is 0 Å². The number of nitrogens with zero attached hydrogens (tertiary/aromatic N) is 2. The zero-order valence-electron chi connectivity index (χ0n) is 20.5. The summed E-state index contributed by atoms with van der Waals surface area (Å²) in [4.78, 5) is 17.6. The Morgan fingerprint density at radius 2 is 1.92 bits per heavy atom. The van der Waals surface area contributed by atoms with Crippen LogP contribution >= 0.6 is 0 Å². The van der Waals surface area contributed by atoms with E-state index < -0.39 is 5.60 Å². The quantitative estimate of drug-likeness (QED) is 0.408. The van der Waals surface area contributed by atoms with Crippen molar-refractivity contribution in [3.8, 4) is 17.5 Å². The number of rotatable bonds is 4. The number of carbonyl (C=O) groups is 1. The summed E-state index contributed by atoms with van der Waals surface area (Å²) in [5, 5.41) is 13.2. The summed E-state index contributed by atoms with van der Waals surface area (Å²) in [5.74, 6) is 5.78. The Kier molecular flexibility index (Phi) is 6.45. The topological polar surface area (TPSA) is 67.2 Å². The number of amides is 1. The molecule has 1 unspecified atom stereocenters. The number of fused-ring (bicyclic) bond motifs is 3. The predicted molar refractivity (Wildman–Crippen MR) is 141 cm³/mol. The van der Waals surface area contributed by atoms with Gasteiger partial charge in [-0.1, -0.05) is 48.2 Å². The third-order valence-electron chi connectivity index (χ3n) is 6.31. The lowest BCUT2D eigenvalue weighted by Gasteiger charge is -2.18. The van der Waals surface area contributed by atoms with E-state index in [1.54, 1.807) is 20.0 Å². The van der Waals surface area contributed by atoms with Crippen LogP contribution in [0.5, 0.6) is 0 Å². The van der Waals surface area contributed by atoms with Gasteiger partial charge >= 0.3 is 0 Å². The van der Waals surface area contributed by atoms with Crippen LogP contribution in [0.2, 0.25) is 0 Å². The maximum atomic E-state index is 13.2. The standard InChI is InChI=1S/C31H29N3O2/c1-31(2,36)16-14-23-10-11-25-12-13-26(28-9-6-18-34(28)29(25)21-23)33-30(35)27-20-24(15-17-32-27)19-22-7-4-3-5-8-22/h3-11,15,17-18,20-21,26,36H,12-13,19H2,1-2H3,(H,33,35). The summed E-state index contributed by atoms with van der Waals surface area (Å²) in [6.07, 6.45) is 6.08. The van der Waals surface area contributed by atoms with Crippen molar-refractivity contribution < 1.29 is 9.90 Å². The van der Waals surface area contributed by atoms with Crippen molar-refractivity contribution in [2.24, 2.45) is 0 Å². The van der Waals surface area contributed by atoms with E-state index in [0.29, 0.717) is 5.69 Å². The lowest BCUT2D eigenvalue weighted by molar-refractivity contribution is 0.0928. The molecule has 5 rings (SSSR count). The minimum atomic E-state index is -1.05. The Labute approximate surface area is 211 Å². The monoisotopic (exact) mass is 475 g/mol. The Morgan fingerprint density at radius 1 is 1.08 bits per heavy atom.